The van der Waals surface area contributed by atoms with Crippen molar-refractivity contribution in [1.29, 1.82) is 5.26 Å². The number of nitriles is 1. The first-order valence-electron chi connectivity index (χ1n) is 11.3. The van der Waals surface area contributed by atoms with Gasteiger partial charge in [-0.05, 0) is 75.0 Å². The average molecular weight is 526 g/mol. The van der Waals surface area contributed by atoms with Gasteiger partial charge in [0.05, 0.1) is 41.4 Å². The third-order valence-electron chi connectivity index (χ3n) is 6.02. The number of carbonyl (C=O) groups is 1. The summed E-state index contributed by atoms with van der Waals surface area (Å²) < 4.78 is 46.2. The first-order chi connectivity index (χ1) is 17.5. The molecule has 37 heavy (non-hydrogen) atoms. The topological polar surface area (TPSA) is 82.4 Å². The Kier molecular flexibility index (Phi) is 7.14. The molecule has 0 saturated carbocycles. The largest absolute Gasteiger partial charge is 0.492 e. The summed E-state index contributed by atoms with van der Waals surface area (Å²) in [5.41, 5.74) is -1.02. The van der Waals surface area contributed by atoms with Crippen LogP contribution in [0.2, 0.25) is 0 Å². The molecule has 0 spiro atoms. The minimum absolute atomic E-state index is 0.0338. The smallest absolute Gasteiger partial charge is 0.417 e. The molecule has 1 aliphatic heterocycles. The molecule has 2 aromatic heterocycles. The predicted octanol–water partition coefficient (Wildman–Crippen LogP) is 5.22. The number of anilines is 1. The zero-order valence-corrected chi connectivity index (χ0v) is 20.8. The van der Waals surface area contributed by atoms with Crippen molar-refractivity contribution < 1.29 is 22.7 Å². The van der Waals surface area contributed by atoms with E-state index in [0.29, 0.717) is 25.3 Å². The highest BCUT2D eigenvalue weighted by atomic mass is 32.1. The molecule has 0 N–H and O–H groups in total. The highest BCUT2D eigenvalue weighted by Crippen LogP contribution is 2.37. The van der Waals surface area contributed by atoms with E-state index >= 15 is 0 Å². The molecule has 0 unspecified atom stereocenters. The number of aromatic nitrogens is 2. The molecular formula is C26H22F3N5O2S. The SMILES string of the molecule is CC1(C)C(=O)N(c2ccc(C#N)c(C(F)(F)F)c2)C(=S)N1CCCOc1ccc(-c2ccncc2)nc1. The summed E-state index contributed by atoms with van der Waals surface area (Å²) in [4.78, 5) is 24.3. The lowest BCUT2D eigenvalue weighted by Crippen LogP contribution is -2.44. The molecule has 1 amide bonds. The molecule has 0 radical (unpaired) electrons. The van der Waals surface area contributed by atoms with Crippen molar-refractivity contribution in [3.8, 4) is 23.1 Å². The molecule has 190 valence electrons. The molecule has 0 atom stereocenters. The molecule has 3 aromatic rings. The number of pyridine rings is 2. The summed E-state index contributed by atoms with van der Waals surface area (Å²) in [6.45, 7) is 3.99. The maximum absolute atomic E-state index is 13.5. The van der Waals surface area contributed by atoms with Gasteiger partial charge in [0.15, 0.2) is 5.11 Å². The highest BCUT2D eigenvalue weighted by Gasteiger charge is 2.49. The average Bonchev–Trinajstić information content (AvgIpc) is 3.05. The van der Waals surface area contributed by atoms with E-state index in [4.69, 9.17) is 22.2 Å². The van der Waals surface area contributed by atoms with Crippen molar-refractivity contribution in [2.24, 2.45) is 0 Å². The van der Waals surface area contributed by atoms with Crippen LogP contribution < -0.4 is 9.64 Å². The van der Waals surface area contributed by atoms with E-state index in [1.165, 1.54) is 12.1 Å². The number of halogens is 3. The molecule has 0 aliphatic carbocycles. The van der Waals surface area contributed by atoms with Crippen molar-refractivity contribution in [2.45, 2.75) is 32.0 Å². The fourth-order valence-corrected chi connectivity index (χ4v) is 4.52. The lowest BCUT2D eigenvalue weighted by molar-refractivity contribution is -0.137. The van der Waals surface area contributed by atoms with Gasteiger partial charge < -0.3 is 9.64 Å². The van der Waals surface area contributed by atoms with Crippen LogP contribution in [0.1, 0.15) is 31.4 Å². The van der Waals surface area contributed by atoms with E-state index in [2.05, 4.69) is 9.97 Å². The van der Waals surface area contributed by atoms with Gasteiger partial charge in [-0.15, -0.1) is 0 Å². The van der Waals surface area contributed by atoms with Crippen molar-refractivity contribution in [3.05, 3.63) is 72.2 Å². The molecule has 11 heteroatoms. The van der Waals surface area contributed by atoms with Crippen LogP contribution in [-0.2, 0) is 11.0 Å². The minimum Gasteiger partial charge on any atom is -0.492 e. The van der Waals surface area contributed by atoms with E-state index in [9.17, 15) is 18.0 Å². The number of thiocarbonyl (C=S) groups is 1. The van der Waals surface area contributed by atoms with Crippen LogP contribution in [-0.4, -0.2) is 44.6 Å². The number of carbonyl (C=O) groups excluding carboxylic acids is 1. The van der Waals surface area contributed by atoms with Crippen LogP contribution in [0.4, 0.5) is 18.9 Å². The Morgan fingerprint density at radius 3 is 2.49 bits per heavy atom. The Labute approximate surface area is 217 Å². The molecular weight excluding hydrogens is 503 g/mol. The normalized spacial score (nSPS) is 15.1. The van der Waals surface area contributed by atoms with Crippen LogP contribution in [0.15, 0.2) is 61.1 Å². The Balaban J connectivity index is 1.42. The van der Waals surface area contributed by atoms with Gasteiger partial charge >= 0.3 is 6.18 Å². The fourth-order valence-electron chi connectivity index (χ4n) is 4.01. The number of rotatable bonds is 7. The number of benzene rings is 1. The van der Waals surface area contributed by atoms with E-state index in [1.54, 1.807) is 37.3 Å². The minimum atomic E-state index is -4.75. The van der Waals surface area contributed by atoms with Gasteiger partial charge in [0.25, 0.3) is 5.91 Å². The van der Waals surface area contributed by atoms with E-state index < -0.39 is 28.7 Å². The van der Waals surface area contributed by atoms with Crippen LogP contribution in [0.5, 0.6) is 5.75 Å². The van der Waals surface area contributed by atoms with Crippen molar-refractivity contribution in [1.82, 2.24) is 14.9 Å². The zero-order valence-electron chi connectivity index (χ0n) is 20.0. The molecule has 3 heterocycles. The summed E-state index contributed by atoms with van der Waals surface area (Å²) in [5.74, 6) is 0.128. The first-order valence-corrected chi connectivity index (χ1v) is 11.7. The number of nitrogens with zero attached hydrogens (tertiary/aromatic N) is 5. The number of amides is 1. The Morgan fingerprint density at radius 1 is 1.14 bits per heavy atom. The Bertz CT molecular complexity index is 1360. The maximum Gasteiger partial charge on any atom is 0.417 e. The molecule has 1 aromatic carbocycles. The predicted molar refractivity (Wildman–Crippen MR) is 135 cm³/mol. The van der Waals surface area contributed by atoms with E-state index in [1.807, 2.05) is 24.3 Å². The third-order valence-corrected chi connectivity index (χ3v) is 6.42. The van der Waals surface area contributed by atoms with Crippen molar-refractivity contribution >= 4 is 28.9 Å². The van der Waals surface area contributed by atoms with Gasteiger partial charge in [-0.2, -0.15) is 18.4 Å². The lowest BCUT2D eigenvalue weighted by atomic mass is 10.0. The van der Waals surface area contributed by atoms with E-state index in [-0.39, 0.29) is 10.8 Å². The first kappa shape index (κ1) is 26.0. The molecule has 7 nitrogen and oxygen atoms in total. The fraction of sp³-hybridized carbons (Fsp3) is 0.269. The second-order valence-electron chi connectivity index (χ2n) is 8.79. The molecule has 1 saturated heterocycles. The summed E-state index contributed by atoms with van der Waals surface area (Å²) in [5, 5.41) is 9.15. The van der Waals surface area contributed by atoms with E-state index in [0.717, 1.165) is 28.3 Å². The monoisotopic (exact) mass is 525 g/mol. The summed E-state index contributed by atoms with van der Waals surface area (Å²) in [6, 6.07) is 12.0. The van der Waals surface area contributed by atoms with Crippen LogP contribution in [0, 0.1) is 11.3 Å². The summed E-state index contributed by atoms with van der Waals surface area (Å²) in [6.07, 6.45) is 0.748. The van der Waals surface area contributed by atoms with Gasteiger partial charge in [-0.25, -0.2) is 0 Å². The van der Waals surface area contributed by atoms with Crippen molar-refractivity contribution in [2.75, 3.05) is 18.1 Å². The molecule has 4 rings (SSSR count). The van der Waals surface area contributed by atoms with Gasteiger partial charge in [0, 0.05) is 24.5 Å². The molecule has 1 fully saturated rings. The number of ether oxygens (including phenoxy) is 1. The maximum atomic E-state index is 13.5. The van der Waals surface area contributed by atoms with Gasteiger partial charge in [0.1, 0.15) is 11.3 Å². The summed E-state index contributed by atoms with van der Waals surface area (Å²) >= 11 is 5.50. The lowest BCUT2D eigenvalue weighted by Gasteiger charge is -2.29. The zero-order chi connectivity index (χ0) is 26.8. The number of hydrogen-bond acceptors (Lipinski definition) is 6. The second-order valence-corrected chi connectivity index (χ2v) is 9.16. The summed E-state index contributed by atoms with van der Waals surface area (Å²) in [7, 11) is 0. The second kappa shape index (κ2) is 10.1. The number of alkyl halides is 3. The Morgan fingerprint density at radius 2 is 1.86 bits per heavy atom. The highest BCUT2D eigenvalue weighted by molar-refractivity contribution is 7.80. The molecule has 0 bridgehead atoms. The van der Waals surface area contributed by atoms with Gasteiger partial charge in [-0.3, -0.25) is 19.7 Å². The van der Waals surface area contributed by atoms with Crippen molar-refractivity contribution in [3.63, 3.8) is 0 Å². The van der Waals surface area contributed by atoms with Crippen LogP contribution >= 0.6 is 12.2 Å². The quantitative estimate of drug-likeness (QED) is 0.309. The van der Waals surface area contributed by atoms with Crippen LogP contribution in [0.3, 0.4) is 0 Å². The van der Waals surface area contributed by atoms with Gasteiger partial charge in [0.2, 0.25) is 0 Å². The Hall–Kier alpha value is -4.04. The molecule has 1 aliphatic rings. The standard InChI is InChI=1S/C26H22F3N5O2S/c1-25(2)23(35)34(19-5-4-18(15-30)21(14-19)26(27,28)29)24(37)33(25)12-3-13-36-20-6-7-22(32-16-20)17-8-10-31-11-9-17/h4-11,14,16H,3,12-13H2,1-2H3. The number of hydrogen-bond donors (Lipinski definition) is 0. The van der Waals surface area contributed by atoms with Gasteiger partial charge in [-0.1, -0.05) is 0 Å². The third kappa shape index (κ3) is 5.24. The van der Waals surface area contributed by atoms with Crippen LogP contribution in [0.25, 0.3) is 11.3 Å².